The van der Waals surface area contributed by atoms with E-state index in [4.69, 9.17) is 0 Å². The normalized spacial score (nSPS) is 22.1. The van der Waals surface area contributed by atoms with Gasteiger partial charge in [0.15, 0.2) is 5.78 Å². The van der Waals surface area contributed by atoms with Gasteiger partial charge in [0.1, 0.15) is 10.9 Å². The van der Waals surface area contributed by atoms with E-state index in [9.17, 15) is 14.9 Å². The van der Waals surface area contributed by atoms with Crippen molar-refractivity contribution in [2.45, 2.75) is 19.3 Å². The van der Waals surface area contributed by atoms with Gasteiger partial charge in [0.2, 0.25) is 5.91 Å². The summed E-state index contributed by atoms with van der Waals surface area (Å²) in [6.45, 7) is 0.309. The summed E-state index contributed by atoms with van der Waals surface area (Å²) in [4.78, 5) is 28.8. The minimum absolute atomic E-state index is 0.0627. The zero-order chi connectivity index (χ0) is 20.4. The molecule has 6 nitrogen and oxygen atoms in total. The first kappa shape index (κ1) is 19.6. The molecule has 2 atom stereocenters. The number of rotatable bonds is 5. The van der Waals surface area contributed by atoms with Gasteiger partial charge in [-0.1, -0.05) is 30.3 Å². The molecular formula is C22H24N4O2S. The number of anilines is 1. The van der Waals surface area contributed by atoms with Gasteiger partial charge in [0.05, 0.1) is 23.7 Å². The van der Waals surface area contributed by atoms with Crippen molar-refractivity contribution in [1.82, 2.24) is 9.78 Å². The second-order valence-electron chi connectivity index (χ2n) is 7.64. The van der Waals surface area contributed by atoms with Crippen LogP contribution in [0.5, 0.6) is 0 Å². The van der Waals surface area contributed by atoms with Crippen LogP contribution in [0.25, 0.3) is 0 Å². The summed E-state index contributed by atoms with van der Waals surface area (Å²) in [5.41, 5.74) is 1.73. The second-order valence-corrected chi connectivity index (χ2v) is 9.85. The number of Topliss-reactive ketones (excluding diaryl/α,β-unsaturated/α-hetero) is 1. The van der Waals surface area contributed by atoms with E-state index in [2.05, 4.69) is 11.2 Å². The van der Waals surface area contributed by atoms with Gasteiger partial charge >= 0.3 is 0 Å². The number of amides is 1. The lowest BCUT2D eigenvalue weighted by atomic mass is 9.85. The largest absolute Gasteiger partial charge is 0.308 e. The average Bonchev–Trinajstić information content (AvgIpc) is 3.46. The lowest BCUT2D eigenvalue weighted by Crippen LogP contribution is -2.31. The van der Waals surface area contributed by atoms with Gasteiger partial charge in [-0.25, -0.2) is 0 Å². The zero-order valence-corrected chi connectivity index (χ0v) is 17.3. The molecule has 7 heteroatoms. The predicted molar refractivity (Wildman–Crippen MR) is 115 cm³/mol. The van der Waals surface area contributed by atoms with Gasteiger partial charge < -0.3 is 4.90 Å². The van der Waals surface area contributed by atoms with Crippen molar-refractivity contribution >= 4 is 32.7 Å². The van der Waals surface area contributed by atoms with Crippen molar-refractivity contribution in [3.63, 3.8) is 0 Å². The molecule has 1 aromatic carbocycles. The van der Waals surface area contributed by atoms with E-state index in [-0.39, 0.29) is 22.2 Å². The van der Waals surface area contributed by atoms with Gasteiger partial charge in [-0.3, -0.25) is 14.3 Å². The Morgan fingerprint density at radius 3 is 2.62 bits per heavy atom. The molecule has 2 aromatic rings. The molecule has 2 fully saturated rings. The fourth-order valence-electron chi connectivity index (χ4n) is 4.22. The maximum Gasteiger partial charge on any atom is 0.231 e. The Kier molecular flexibility index (Phi) is 5.63. The molecule has 0 aliphatic carbocycles. The summed E-state index contributed by atoms with van der Waals surface area (Å²) in [5.74, 6) is 0.701. The molecule has 0 spiro atoms. The van der Waals surface area contributed by atoms with Crippen LogP contribution in [0.15, 0.2) is 42.7 Å². The molecule has 0 N–H and O–H groups in total. The van der Waals surface area contributed by atoms with Crippen molar-refractivity contribution in [3.8, 4) is 6.07 Å². The van der Waals surface area contributed by atoms with E-state index in [1.807, 2.05) is 30.3 Å². The van der Waals surface area contributed by atoms with E-state index in [1.54, 1.807) is 29.0 Å². The number of hydrogen-bond donors (Lipinski definition) is 0. The standard InChI is InChI=1S/C22H24N4O2S/c1-25-14-17(13-24-25)26-15-19(21(27)20(12-23)29-9-5-6-10-29)18(22(26)28)11-16-7-3-2-4-8-16/h2-4,7-8,13-14,18-19H,5-6,9-11,15H2,1H3/t18-,19+/m1/s1. The quantitative estimate of drug-likeness (QED) is 0.713. The Hall–Kier alpha value is -2.72. The van der Waals surface area contributed by atoms with E-state index < -0.39 is 11.8 Å². The van der Waals surface area contributed by atoms with Crippen molar-refractivity contribution in [2.75, 3.05) is 23.0 Å². The van der Waals surface area contributed by atoms with Crippen LogP contribution in [-0.4, -0.2) is 44.4 Å². The van der Waals surface area contributed by atoms with Gasteiger partial charge in [-0.2, -0.15) is 20.8 Å². The molecule has 2 aliphatic rings. The van der Waals surface area contributed by atoms with E-state index in [1.165, 1.54) is 0 Å². The van der Waals surface area contributed by atoms with Gasteiger partial charge in [-0.15, -0.1) is 0 Å². The lowest BCUT2D eigenvalue weighted by molar-refractivity contribution is -0.124. The molecule has 150 valence electrons. The monoisotopic (exact) mass is 408 g/mol. The number of carbonyl (C=O) groups excluding carboxylic acids is 2. The number of nitrogens with zero attached hydrogens (tertiary/aromatic N) is 4. The van der Waals surface area contributed by atoms with Crippen LogP contribution in [0.4, 0.5) is 5.69 Å². The SMILES string of the molecule is Cn1cc(N2C[C@H](C(=O)C(C#N)=S3CCCC3)[C@@H](Cc3ccccc3)C2=O)cn1. The highest BCUT2D eigenvalue weighted by molar-refractivity contribution is 8.17. The smallest absolute Gasteiger partial charge is 0.231 e. The Bertz CT molecular complexity index is 997. The first-order valence-corrected chi connectivity index (χ1v) is 11.5. The van der Waals surface area contributed by atoms with Crippen LogP contribution in [0.2, 0.25) is 0 Å². The summed E-state index contributed by atoms with van der Waals surface area (Å²) in [6.07, 6.45) is 6.08. The molecule has 3 heterocycles. The van der Waals surface area contributed by atoms with Crippen LogP contribution in [-0.2, 0) is 23.1 Å². The number of aromatic nitrogens is 2. The van der Waals surface area contributed by atoms with E-state index in [0.717, 1.165) is 29.9 Å². The van der Waals surface area contributed by atoms with Crippen LogP contribution in [0, 0.1) is 23.2 Å². The van der Waals surface area contributed by atoms with Crippen LogP contribution >= 0.6 is 10.5 Å². The molecular weight excluding hydrogens is 384 g/mol. The minimum Gasteiger partial charge on any atom is -0.308 e. The highest BCUT2D eigenvalue weighted by atomic mass is 32.2. The van der Waals surface area contributed by atoms with Crippen LogP contribution < -0.4 is 4.90 Å². The molecule has 0 radical (unpaired) electrons. The molecule has 2 aliphatic heterocycles. The van der Waals surface area contributed by atoms with E-state index >= 15 is 0 Å². The van der Waals surface area contributed by atoms with Crippen molar-refractivity contribution in [2.24, 2.45) is 18.9 Å². The van der Waals surface area contributed by atoms with Crippen molar-refractivity contribution < 1.29 is 9.59 Å². The highest BCUT2D eigenvalue weighted by Gasteiger charge is 2.46. The topological polar surface area (TPSA) is 79.0 Å². The third kappa shape index (κ3) is 3.90. The maximum absolute atomic E-state index is 13.4. The summed E-state index contributed by atoms with van der Waals surface area (Å²) < 4.78 is 1.65. The molecule has 0 bridgehead atoms. The molecule has 0 unspecified atom stereocenters. The van der Waals surface area contributed by atoms with Gasteiger partial charge in [-0.05, 0) is 36.3 Å². The minimum atomic E-state index is -0.495. The Morgan fingerprint density at radius 1 is 1.28 bits per heavy atom. The lowest BCUT2D eigenvalue weighted by Gasteiger charge is -2.16. The molecule has 1 aromatic heterocycles. The molecule has 0 saturated carbocycles. The van der Waals surface area contributed by atoms with Crippen LogP contribution in [0.3, 0.4) is 0 Å². The number of ketones is 1. The summed E-state index contributed by atoms with van der Waals surface area (Å²) >= 11 is 0. The number of carbonyl (C=O) groups is 2. The number of benzene rings is 1. The average molecular weight is 409 g/mol. The molecule has 1 amide bonds. The van der Waals surface area contributed by atoms with Crippen LogP contribution in [0.1, 0.15) is 18.4 Å². The fraction of sp³-hybridized carbons (Fsp3) is 0.409. The third-order valence-electron chi connectivity index (χ3n) is 5.73. The predicted octanol–water partition coefficient (Wildman–Crippen LogP) is 2.57. The molecule has 4 rings (SSSR count). The summed E-state index contributed by atoms with van der Waals surface area (Å²) in [5, 5.41) is 13.9. The summed E-state index contributed by atoms with van der Waals surface area (Å²) in [7, 11) is 1.55. The molecule has 29 heavy (non-hydrogen) atoms. The summed E-state index contributed by atoms with van der Waals surface area (Å²) in [6, 6.07) is 12.0. The fourth-order valence-corrected chi connectivity index (χ4v) is 6.50. The molecule has 2 saturated heterocycles. The van der Waals surface area contributed by atoms with Gasteiger partial charge in [0, 0.05) is 19.8 Å². The van der Waals surface area contributed by atoms with E-state index in [0.29, 0.717) is 23.5 Å². The Balaban J connectivity index is 1.68. The number of hydrogen-bond acceptors (Lipinski definition) is 4. The highest BCUT2D eigenvalue weighted by Crippen LogP contribution is 2.35. The number of aryl methyl sites for hydroxylation is 1. The van der Waals surface area contributed by atoms with Crippen molar-refractivity contribution in [1.29, 1.82) is 5.26 Å². The Morgan fingerprint density at radius 2 is 2.00 bits per heavy atom. The second kappa shape index (κ2) is 8.34. The zero-order valence-electron chi connectivity index (χ0n) is 16.5. The van der Waals surface area contributed by atoms with Gasteiger partial charge in [0.25, 0.3) is 0 Å². The first-order chi connectivity index (χ1) is 14.1. The first-order valence-electron chi connectivity index (χ1n) is 9.91. The third-order valence-corrected chi connectivity index (χ3v) is 8.16. The van der Waals surface area contributed by atoms with Crippen molar-refractivity contribution in [3.05, 3.63) is 48.3 Å². The number of nitriles is 1. The Labute approximate surface area is 173 Å². The maximum atomic E-state index is 13.4.